The highest BCUT2D eigenvalue weighted by molar-refractivity contribution is 7.20. The fraction of sp³-hybridized carbons (Fsp3) is 0.474. The van der Waals surface area contributed by atoms with Crippen molar-refractivity contribution < 1.29 is 9.59 Å². The molecule has 0 bridgehead atoms. The van der Waals surface area contributed by atoms with Gasteiger partial charge in [0.25, 0.3) is 0 Å². The van der Waals surface area contributed by atoms with Crippen molar-refractivity contribution in [3.8, 4) is 0 Å². The minimum atomic E-state index is -0.654. The molecule has 3 atom stereocenters. The molecule has 1 aliphatic rings. The molecule has 8 nitrogen and oxygen atoms in total. The third-order valence-corrected chi connectivity index (χ3v) is 6.02. The third kappa shape index (κ3) is 5.05. The number of rotatable bonds is 8. The summed E-state index contributed by atoms with van der Waals surface area (Å²) in [4.78, 5) is 30.2. The maximum absolute atomic E-state index is 13.1. The smallest absolute Gasteiger partial charge is 0.223 e. The molecule has 3 rings (SSSR count). The molecule has 28 heavy (non-hydrogen) atoms. The lowest BCUT2D eigenvalue weighted by atomic mass is 10.0. The topological polar surface area (TPSA) is 147 Å². The molecule has 1 amide bonds. The molecule has 7 N–H and O–H groups in total. The lowest BCUT2D eigenvalue weighted by Gasteiger charge is -2.19. The molecule has 9 heteroatoms. The van der Waals surface area contributed by atoms with E-state index in [4.69, 9.17) is 16.9 Å². The average molecular weight is 403 g/mol. The van der Waals surface area contributed by atoms with Crippen LogP contribution in [0.5, 0.6) is 0 Å². The number of guanidine groups is 1. The number of aromatic nitrogens is 1. The van der Waals surface area contributed by atoms with Crippen molar-refractivity contribution >= 4 is 39.2 Å². The first-order valence-corrected chi connectivity index (χ1v) is 10.3. The molecule has 2 unspecified atom stereocenters. The number of hydrogen-bond donors (Lipinski definition) is 5. The number of fused-ring (bicyclic) bond motifs is 1. The second kappa shape index (κ2) is 9.11. The van der Waals surface area contributed by atoms with Gasteiger partial charge in [-0.25, -0.2) is 4.98 Å². The molecule has 1 heterocycles. The Bertz CT molecular complexity index is 834. The lowest BCUT2D eigenvalue weighted by Crippen LogP contribution is -2.44. The molecule has 0 spiro atoms. The number of nitrogens with one attached hydrogen (secondary N) is 3. The van der Waals surface area contributed by atoms with Crippen LogP contribution in [0.15, 0.2) is 24.3 Å². The summed E-state index contributed by atoms with van der Waals surface area (Å²) in [7, 11) is 0. The van der Waals surface area contributed by atoms with Gasteiger partial charge in [0.2, 0.25) is 11.7 Å². The number of thiazole rings is 1. The van der Waals surface area contributed by atoms with Crippen molar-refractivity contribution in [3.63, 3.8) is 0 Å². The summed E-state index contributed by atoms with van der Waals surface area (Å²) in [5.74, 6) is -0.555. The van der Waals surface area contributed by atoms with Gasteiger partial charge in [0, 0.05) is 18.5 Å². The van der Waals surface area contributed by atoms with Gasteiger partial charge < -0.3 is 22.1 Å². The van der Waals surface area contributed by atoms with E-state index in [1.165, 1.54) is 11.3 Å². The molecule has 1 aromatic heterocycles. The molecule has 1 aromatic carbocycles. The van der Waals surface area contributed by atoms with Gasteiger partial charge in [-0.15, -0.1) is 11.3 Å². The molecule has 0 aliphatic heterocycles. The van der Waals surface area contributed by atoms with E-state index in [0.717, 1.165) is 23.1 Å². The van der Waals surface area contributed by atoms with Gasteiger partial charge in [-0.1, -0.05) is 12.1 Å². The van der Waals surface area contributed by atoms with Crippen LogP contribution >= 0.6 is 11.3 Å². The summed E-state index contributed by atoms with van der Waals surface area (Å²) >= 11 is 1.34. The summed E-state index contributed by atoms with van der Waals surface area (Å²) in [6.45, 7) is 0.461. The van der Waals surface area contributed by atoms with E-state index in [0.29, 0.717) is 30.8 Å². The minimum Gasteiger partial charge on any atom is -0.370 e. The molecule has 150 valence electrons. The second-order valence-corrected chi connectivity index (χ2v) is 8.20. The molecule has 1 aliphatic carbocycles. The first-order valence-electron chi connectivity index (χ1n) is 9.47. The number of para-hydroxylation sites is 1. The van der Waals surface area contributed by atoms with Gasteiger partial charge >= 0.3 is 0 Å². The fourth-order valence-electron chi connectivity index (χ4n) is 3.47. The highest BCUT2D eigenvalue weighted by Gasteiger charge is 2.31. The van der Waals surface area contributed by atoms with Crippen LogP contribution in [0.1, 0.15) is 41.9 Å². The molecular formula is C19H26N6O2S. The van der Waals surface area contributed by atoms with Crippen molar-refractivity contribution in [3.05, 3.63) is 29.3 Å². The molecule has 0 radical (unpaired) electrons. The van der Waals surface area contributed by atoms with Crippen LogP contribution < -0.4 is 22.1 Å². The fourth-order valence-corrected chi connectivity index (χ4v) is 4.43. The van der Waals surface area contributed by atoms with E-state index < -0.39 is 6.04 Å². The van der Waals surface area contributed by atoms with E-state index in [2.05, 4.69) is 15.6 Å². The van der Waals surface area contributed by atoms with Gasteiger partial charge in [0.05, 0.1) is 16.3 Å². The van der Waals surface area contributed by atoms with Crippen LogP contribution in [0.25, 0.3) is 10.2 Å². The Labute approximate surface area is 167 Å². The number of nitrogens with two attached hydrogens (primary N) is 2. The average Bonchev–Trinajstić information content (AvgIpc) is 3.29. The monoisotopic (exact) mass is 402 g/mol. The number of ketones is 1. The highest BCUT2D eigenvalue weighted by atomic mass is 32.1. The molecular weight excluding hydrogens is 376 g/mol. The maximum atomic E-state index is 13.1. The Morgan fingerprint density at radius 2 is 2.11 bits per heavy atom. The van der Waals surface area contributed by atoms with E-state index in [1.807, 2.05) is 24.3 Å². The van der Waals surface area contributed by atoms with Gasteiger partial charge in [-0.3, -0.25) is 15.0 Å². The second-order valence-electron chi connectivity index (χ2n) is 7.16. The summed E-state index contributed by atoms with van der Waals surface area (Å²) in [5.41, 5.74) is 12.0. The summed E-state index contributed by atoms with van der Waals surface area (Å²) in [6, 6.07) is 6.98. The standard InChI is InChI=1S/C19H26N6O2S/c20-12-8-7-11(10-12)17(27)24-14(5-3-9-23-19(21)22)16(26)18-25-13-4-1-2-6-15(13)28-18/h1-2,4,6,11-12,14H,3,5,7-10,20H2,(H,24,27)(H4,21,22,23)/t11?,12-,14?/m1/s1. The minimum absolute atomic E-state index is 0.0499. The highest BCUT2D eigenvalue weighted by Crippen LogP contribution is 2.26. The van der Waals surface area contributed by atoms with Crippen LogP contribution in [-0.4, -0.2) is 41.3 Å². The van der Waals surface area contributed by atoms with Crippen molar-refractivity contribution in [2.75, 3.05) is 6.54 Å². The summed E-state index contributed by atoms with van der Waals surface area (Å²) in [5, 5.41) is 13.3. The van der Waals surface area contributed by atoms with E-state index in [9.17, 15) is 9.59 Å². The Balaban J connectivity index is 1.71. The lowest BCUT2D eigenvalue weighted by molar-refractivity contribution is -0.125. The van der Waals surface area contributed by atoms with Crippen LogP contribution in [0.3, 0.4) is 0 Å². The van der Waals surface area contributed by atoms with E-state index in [-0.39, 0.29) is 29.6 Å². The Hall–Kier alpha value is -2.52. The normalized spacial score (nSPS) is 20.0. The predicted molar refractivity (Wildman–Crippen MR) is 110 cm³/mol. The number of hydrogen-bond acceptors (Lipinski definition) is 6. The first kappa shape index (κ1) is 20.2. The first-order chi connectivity index (χ1) is 13.4. The number of Topliss-reactive ketones (excluding diaryl/α,β-unsaturated/α-hetero) is 1. The Morgan fingerprint density at radius 1 is 1.32 bits per heavy atom. The zero-order chi connectivity index (χ0) is 20.1. The van der Waals surface area contributed by atoms with Gasteiger partial charge in [0.1, 0.15) is 0 Å². The third-order valence-electron chi connectivity index (χ3n) is 4.97. The van der Waals surface area contributed by atoms with Crippen molar-refractivity contribution in [1.82, 2.24) is 15.6 Å². The Kier molecular flexibility index (Phi) is 6.58. The van der Waals surface area contributed by atoms with Gasteiger partial charge in [-0.05, 0) is 44.2 Å². The number of nitrogens with zero attached hydrogens (tertiary/aromatic N) is 1. The maximum Gasteiger partial charge on any atom is 0.223 e. The van der Waals surface area contributed by atoms with Gasteiger partial charge in [0.15, 0.2) is 11.0 Å². The van der Waals surface area contributed by atoms with Crippen molar-refractivity contribution in [2.45, 2.75) is 44.2 Å². The molecule has 1 fully saturated rings. The van der Waals surface area contributed by atoms with Crippen LogP contribution in [0, 0.1) is 11.3 Å². The van der Waals surface area contributed by atoms with Crippen molar-refractivity contribution in [2.24, 2.45) is 17.4 Å². The summed E-state index contributed by atoms with van der Waals surface area (Å²) < 4.78 is 0.941. The predicted octanol–water partition coefficient (Wildman–Crippen LogP) is 1.35. The number of carbonyl (C=O) groups excluding carboxylic acids is 2. The zero-order valence-corrected chi connectivity index (χ0v) is 16.4. The number of carbonyl (C=O) groups is 2. The Morgan fingerprint density at radius 3 is 2.79 bits per heavy atom. The molecule has 2 aromatic rings. The quantitative estimate of drug-likeness (QED) is 0.195. The SMILES string of the molecule is N=C(N)NCCCC(NC(=O)C1CC[C@@H](N)C1)C(=O)c1nc2ccccc2s1. The van der Waals surface area contributed by atoms with Crippen LogP contribution in [-0.2, 0) is 4.79 Å². The molecule has 0 saturated heterocycles. The number of benzene rings is 1. The number of amides is 1. The van der Waals surface area contributed by atoms with Crippen LogP contribution in [0.4, 0.5) is 0 Å². The zero-order valence-electron chi connectivity index (χ0n) is 15.6. The van der Waals surface area contributed by atoms with Gasteiger partial charge in [-0.2, -0.15) is 0 Å². The van der Waals surface area contributed by atoms with Crippen molar-refractivity contribution in [1.29, 1.82) is 5.41 Å². The van der Waals surface area contributed by atoms with Crippen LogP contribution in [0.2, 0.25) is 0 Å². The largest absolute Gasteiger partial charge is 0.370 e. The van der Waals surface area contributed by atoms with E-state index in [1.54, 1.807) is 0 Å². The summed E-state index contributed by atoms with van der Waals surface area (Å²) in [6.07, 6.45) is 3.27. The molecule has 1 saturated carbocycles. The van der Waals surface area contributed by atoms with E-state index >= 15 is 0 Å².